The van der Waals surface area contributed by atoms with Crippen molar-refractivity contribution in [2.24, 2.45) is 29.2 Å². The Morgan fingerprint density at radius 3 is 1.91 bits per heavy atom. The van der Waals surface area contributed by atoms with Crippen molar-refractivity contribution in [3.63, 3.8) is 0 Å². The molecule has 0 aromatic heterocycles. The number of nitrogens with two attached hydrogens (primary N) is 2. The summed E-state index contributed by atoms with van der Waals surface area (Å²) in [6.45, 7) is 9.31. The maximum absolute atomic E-state index is 13.3. The fraction of sp³-hybridized carbons (Fsp3) is 0.886. The van der Waals surface area contributed by atoms with E-state index in [0.717, 1.165) is 121 Å². The van der Waals surface area contributed by atoms with Crippen molar-refractivity contribution in [2.45, 2.75) is 197 Å². The minimum Gasteiger partial charge on any atom is -0.377 e. The first-order valence-corrected chi connectivity index (χ1v) is 22.8. The predicted octanol–water partition coefficient (Wildman–Crippen LogP) is 2.47. The van der Waals surface area contributed by atoms with E-state index in [1.165, 1.54) is 0 Å². The first kappa shape index (κ1) is 50.3. The van der Waals surface area contributed by atoms with Crippen LogP contribution in [-0.4, -0.2) is 142 Å². The Morgan fingerprint density at radius 2 is 1.34 bits per heavy atom. The smallest absolute Gasteiger partial charge is 0.138 e. The molecule has 2 saturated carbocycles. The number of hydrogen-bond donors (Lipinski definition) is 6. The van der Waals surface area contributed by atoms with Gasteiger partial charge in [0.05, 0.1) is 61.7 Å². The van der Waals surface area contributed by atoms with E-state index in [-0.39, 0.29) is 55.9 Å². The zero-order valence-electron chi connectivity index (χ0n) is 36.4. The van der Waals surface area contributed by atoms with Gasteiger partial charge in [0, 0.05) is 36.6 Å². The summed E-state index contributed by atoms with van der Waals surface area (Å²) >= 11 is 0. The summed E-state index contributed by atoms with van der Waals surface area (Å²) in [6, 6.07) is -6.06. The van der Waals surface area contributed by atoms with Gasteiger partial charge in [-0.05, 0) is 70.9 Å². The second-order valence-corrected chi connectivity index (χ2v) is 17.7. The molecular formula is C44H81N7O7. The molecule has 14 nitrogen and oxygen atoms in total. The summed E-state index contributed by atoms with van der Waals surface area (Å²) in [5.41, 5.74) is 12.3. The molecule has 334 valence electrons. The third kappa shape index (κ3) is 15.2. The van der Waals surface area contributed by atoms with E-state index in [2.05, 4.69) is 42.0 Å². The minimum absolute atomic E-state index is 0.00509. The number of nitrogens with zero attached hydrogens (tertiary/aromatic N) is 1. The lowest BCUT2D eigenvalue weighted by Crippen LogP contribution is -2.67. The number of unbranched alkanes of at least 4 members (excludes halogenated alkanes) is 3. The SMILES string of the molecule is CCCCCC[C@H]1OC[C@@H](C)NC(C=O)[C@@H](COC2CC(CN)C2)NC(C=O)[C@H](CN)NC(C=O)[C@H](C2CCCCCC2)NC(C=O)[C@H](CCC)N(C)C(C=O)[C@H]1C. The van der Waals surface area contributed by atoms with Crippen LogP contribution in [-0.2, 0) is 33.4 Å². The molecule has 3 fully saturated rings. The van der Waals surface area contributed by atoms with Crippen LogP contribution in [0, 0.1) is 17.8 Å². The van der Waals surface area contributed by atoms with Gasteiger partial charge in [0.25, 0.3) is 0 Å². The summed E-state index contributed by atoms with van der Waals surface area (Å²) in [6.07, 6.45) is 18.2. The second-order valence-electron chi connectivity index (χ2n) is 17.7. The fourth-order valence-electron chi connectivity index (χ4n) is 9.58. The highest BCUT2D eigenvalue weighted by atomic mass is 16.5. The summed E-state index contributed by atoms with van der Waals surface area (Å²) in [5, 5.41) is 14.0. The van der Waals surface area contributed by atoms with Gasteiger partial charge in [-0.2, -0.15) is 0 Å². The van der Waals surface area contributed by atoms with Crippen molar-refractivity contribution in [1.29, 1.82) is 0 Å². The Kier molecular flexibility index (Phi) is 24.1. The lowest BCUT2D eigenvalue weighted by molar-refractivity contribution is -0.121. The van der Waals surface area contributed by atoms with E-state index >= 15 is 0 Å². The zero-order chi connectivity index (χ0) is 42.5. The Balaban J connectivity index is 2.12. The van der Waals surface area contributed by atoms with E-state index in [9.17, 15) is 24.0 Å². The highest BCUT2D eigenvalue weighted by Crippen LogP contribution is 2.31. The van der Waals surface area contributed by atoms with Crippen LogP contribution in [0.25, 0.3) is 0 Å². The first-order valence-electron chi connectivity index (χ1n) is 22.8. The molecule has 3 aliphatic rings. The lowest BCUT2D eigenvalue weighted by Gasteiger charge is -2.43. The largest absolute Gasteiger partial charge is 0.377 e. The van der Waals surface area contributed by atoms with Gasteiger partial charge in [-0.15, -0.1) is 0 Å². The molecule has 0 aromatic carbocycles. The van der Waals surface area contributed by atoms with Crippen LogP contribution in [0.1, 0.15) is 124 Å². The van der Waals surface area contributed by atoms with Crippen molar-refractivity contribution in [2.75, 3.05) is 33.4 Å². The van der Waals surface area contributed by atoms with E-state index < -0.39 is 48.3 Å². The molecule has 2 aliphatic carbocycles. The first-order chi connectivity index (χ1) is 28.1. The monoisotopic (exact) mass is 820 g/mol. The zero-order valence-corrected chi connectivity index (χ0v) is 36.4. The number of aldehydes is 5. The molecule has 12 atom stereocenters. The summed E-state index contributed by atoms with van der Waals surface area (Å²) < 4.78 is 13.0. The molecule has 3 rings (SSSR count). The highest BCUT2D eigenvalue weighted by molar-refractivity contribution is 5.64. The Hall–Kier alpha value is -2.01. The van der Waals surface area contributed by atoms with E-state index in [1.54, 1.807) is 0 Å². The number of carbonyl (C=O) groups excluding carboxylic acids is 5. The minimum atomic E-state index is -0.880. The number of carbonyl (C=O) groups is 5. The number of nitrogens with one attached hydrogen (secondary N) is 4. The third-order valence-electron chi connectivity index (χ3n) is 13.4. The molecule has 58 heavy (non-hydrogen) atoms. The molecular weight excluding hydrogens is 739 g/mol. The van der Waals surface area contributed by atoms with E-state index in [4.69, 9.17) is 20.9 Å². The fourth-order valence-corrected chi connectivity index (χ4v) is 9.58. The van der Waals surface area contributed by atoms with Gasteiger partial charge < -0.3 is 60.9 Å². The number of ether oxygens (including phenoxy) is 2. The molecule has 0 spiro atoms. The predicted molar refractivity (Wildman–Crippen MR) is 229 cm³/mol. The second kappa shape index (κ2) is 27.8. The van der Waals surface area contributed by atoms with Crippen LogP contribution in [0.5, 0.6) is 0 Å². The summed E-state index contributed by atoms with van der Waals surface area (Å²) in [7, 11) is 1.92. The van der Waals surface area contributed by atoms with Gasteiger partial charge in [0.2, 0.25) is 0 Å². The molecule has 8 N–H and O–H groups in total. The standard InChI is InChI=1S/C44H81N7O7/c1-6-8-9-14-18-43-31(4)42(27-56)51(5)41(15-7-2)38(25-54)50-44(33-16-12-10-11-13-17-33)39(26-55)48-35(22-46)36(23-52)49-40(29-57-34-19-32(20-34)21-45)37(24-53)47-30(3)28-58-43/h23-27,30-44,47-50H,6-22,28-29,45-46H2,1-5H3/t30-,31-,32?,34?,35+,36?,37?,38?,39?,40-,41+,42?,43-,44+/m1/s1. The lowest BCUT2D eigenvalue weighted by atomic mass is 9.82. The van der Waals surface area contributed by atoms with Crippen LogP contribution in [0.15, 0.2) is 0 Å². The average molecular weight is 820 g/mol. The number of hydrogen-bond acceptors (Lipinski definition) is 14. The van der Waals surface area contributed by atoms with Gasteiger partial charge in [0.15, 0.2) is 0 Å². The molecule has 5 unspecified atom stereocenters. The van der Waals surface area contributed by atoms with Crippen LogP contribution in [0.2, 0.25) is 0 Å². The molecule has 0 radical (unpaired) electrons. The van der Waals surface area contributed by atoms with Crippen LogP contribution in [0.4, 0.5) is 0 Å². The molecule has 1 aliphatic heterocycles. The summed E-state index contributed by atoms with van der Waals surface area (Å²) in [4.78, 5) is 67.6. The topological polar surface area (TPSA) is 207 Å². The van der Waals surface area contributed by atoms with E-state index in [1.807, 2.05) is 18.9 Å². The van der Waals surface area contributed by atoms with Gasteiger partial charge in [0.1, 0.15) is 31.4 Å². The number of likely N-dealkylation sites (N-methyl/N-ethyl adjacent to an activating group) is 1. The number of rotatable bonds is 18. The highest BCUT2D eigenvalue weighted by Gasteiger charge is 2.40. The summed E-state index contributed by atoms with van der Waals surface area (Å²) in [5.74, 6) is 0.263. The Morgan fingerprint density at radius 1 is 0.707 bits per heavy atom. The molecule has 1 saturated heterocycles. The normalized spacial score (nSPS) is 37.2. The van der Waals surface area contributed by atoms with Crippen molar-refractivity contribution in [3.8, 4) is 0 Å². The molecule has 0 aromatic rings. The quantitative estimate of drug-likeness (QED) is 0.0668. The van der Waals surface area contributed by atoms with Gasteiger partial charge in [-0.1, -0.05) is 78.6 Å². The maximum atomic E-state index is 13.3. The van der Waals surface area contributed by atoms with Crippen LogP contribution < -0.4 is 32.7 Å². The van der Waals surface area contributed by atoms with Crippen molar-refractivity contribution in [1.82, 2.24) is 26.2 Å². The maximum Gasteiger partial charge on any atom is 0.138 e. The molecule has 0 amide bonds. The van der Waals surface area contributed by atoms with Gasteiger partial charge in [-0.3, -0.25) is 10.2 Å². The van der Waals surface area contributed by atoms with Crippen LogP contribution >= 0.6 is 0 Å². The van der Waals surface area contributed by atoms with Crippen molar-refractivity contribution < 1.29 is 33.4 Å². The Labute approximate surface area is 349 Å². The van der Waals surface area contributed by atoms with Crippen molar-refractivity contribution in [3.05, 3.63) is 0 Å². The van der Waals surface area contributed by atoms with E-state index in [0.29, 0.717) is 18.9 Å². The molecule has 0 bridgehead atoms. The molecule has 14 heteroatoms. The average Bonchev–Trinajstić information content (AvgIpc) is 3.51. The third-order valence-corrected chi connectivity index (χ3v) is 13.4. The van der Waals surface area contributed by atoms with Crippen LogP contribution in [0.3, 0.4) is 0 Å². The van der Waals surface area contributed by atoms with Crippen molar-refractivity contribution >= 4 is 31.4 Å². The van der Waals surface area contributed by atoms with Gasteiger partial charge in [-0.25, -0.2) is 0 Å². The molecule has 1 heterocycles. The Bertz CT molecular complexity index is 1170. The van der Waals surface area contributed by atoms with Gasteiger partial charge >= 0.3 is 0 Å².